The van der Waals surface area contributed by atoms with Crippen LogP contribution in [0, 0.1) is 5.92 Å². The van der Waals surface area contributed by atoms with Crippen molar-refractivity contribution < 1.29 is 4.79 Å². The minimum Gasteiger partial charge on any atom is -0.313 e. The van der Waals surface area contributed by atoms with Crippen LogP contribution in [0.5, 0.6) is 0 Å². The number of aromatic nitrogens is 1. The summed E-state index contributed by atoms with van der Waals surface area (Å²) in [6.07, 6.45) is 3.80. The van der Waals surface area contributed by atoms with Crippen molar-refractivity contribution in [2.45, 2.75) is 19.4 Å². The Balaban J connectivity index is 2.18. The molecule has 1 aromatic heterocycles. The van der Waals surface area contributed by atoms with Crippen LogP contribution in [-0.2, 0) is 11.3 Å². The highest BCUT2D eigenvalue weighted by Gasteiger charge is 2.29. The van der Waals surface area contributed by atoms with Crippen LogP contribution in [0.15, 0.2) is 40.3 Å². The molecule has 1 heterocycles. The number of hydrogen-bond acceptors (Lipinski definition) is 2. The fourth-order valence-electron chi connectivity index (χ4n) is 1.95. The van der Waals surface area contributed by atoms with E-state index in [9.17, 15) is 4.79 Å². The van der Waals surface area contributed by atoms with Crippen LogP contribution in [0.3, 0.4) is 0 Å². The Labute approximate surface area is 123 Å². The van der Waals surface area contributed by atoms with Crippen molar-refractivity contribution in [2.24, 2.45) is 10.9 Å². The number of rotatable bonds is 3. The van der Waals surface area contributed by atoms with Crippen molar-refractivity contribution in [1.29, 1.82) is 0 Å². The lowest BCUT2D eigenvalue weighted by Crippen LogP contribution is -2.16. The molecule has 98 valence electrons. The summed E-state index contributed by atoms with van der Waals surface area (Å²) in [5.74, 6) is 0.178. The maximum Gasteiger partial charge on any atom is 0.251 e. The maximum absolute atomic E-state index is 11.9. The topological polar surface area (TPSA) is 34.4 Å². The number of carbonyl (C=O) groups excluding carboxylic acids is 1. The molecule has 3 rings (SSSR count). The number of thiazole rings is 1. The number of benzene rings is 1. The molecule has 2 aromatic rings. The predicted molar refractivity (Wildman–Crippen MR) is 81.0 cm³/mol. The van der Waals surface area contributed by atoms with E-state index in [0.717, 1.165) is 32.3 Å². The van der Waals surface area contributed by atoms with Gasteiger partial charge in [-0.1, -0.05) is 33.3 Å². The molecular weight excluding hydrogens is 324 g/mol. The second-order valence-corrected chi connectivity index (χ2v) is 6.55. The molecule has 0 radical (unpaired) electrons. The number of fused-ring (bicyclic) bond motifs is 1. The van der Waals surface area contributed by atoms with Gasteiger partial charge in [0.25, 0.3) is 5.91 Å². The van der Waals surface area contributed by atoms with Crippen molar-refractivity contribution in [3.63, 3.8) is 0 Å². The fraction of sp³-hybridized carbons (Fsp3) is 0.286. The van der Waals surface area contributed by atoms with Crippen LogP contribution in [0.25, 0.3) is 10.2 Å². The lowest BCUT2D eigenvalue weighted by Gasteiger charge is -2.00. The molecule has 1 aromatic carbocycles. The van der Waals surface area contributed by atoms with Crippen molar-refractivity contribution in [3.05, 3.63) is 40.1 Å². The van der Waals surface area contributed by atoms with Gasteiger partial charge in [-0.2, -0.15) is 4.99 Å². The number of hydrogen-bond donors (Lipinski definition) is 0. The molecule has 19 heavy (non-hydrogen) atoms. The monoisotopic (exact) mass is 336 g/mol. The Morgan fingerprint density at radius 1 is 1.58 bits per heavy atom. The molecule has 0 N–H and O–H groups in total. The molecule has 0 atom stereocenters. The summed E-state index contributed by atoms with van der Waals surface area (Å²) >= 11 is 5.02. The molecule has 1 fully saturated rings. The third kappa shape index (κ3) is 2.58. The van der Waals surface area contributed by atoms with Crippen LogP contribution in [0.2, 0.25) is 0 Å². The molecule has 1 amide bonds. The molecule has 0 bridgehead atoms. The summed E-state index contributed by atoms with van der Waals surface area (Å²) in [7, 11) is 0. The van der Waals surface area contributed by atoms with Gasteiger partial charge in [0.15, 0.2) is 4.80 Å². The van der Waals surface area contributed by atoms with E-state index in [0.29, 0.717) is 6.54 Å². The zero-order valence-electron chi connectivity index (χ0n) is 10.3. The molecule has 3 nitrogen and oxygen atoms in total. The lowest BCUT2D eigenvalue weighted by atomic mass is 10.3. The average molecular weight is 337 g/mol. The fourth-order valence-corrected chi connectivity index (χ4v) is 3.55. The third-order valence-corrected chi connectivity index (χ3v) is 4.62. The molecular formula is C14H13BrN2OS. The van der Waals surface area contributed by atoms with Gasteiger partial charge in [0.05, 0.1) is 10.2 Å². The molecule has 0 spiro atoms. The van der Waals surface area contributed by atoms with E-state index in [-0.39, 0.29) is 11.8 Å². The van der Waals surface area contributed by atoms with Crippen LogP contribution < -0.4 is 4.80 Å². The van der Waals surface area contributed by atoms with Gasteiger partial charge in [-0.3, -0.25) is 4.79 Å². The van der Waals surface area contributed by atoms with E-state index in [1.807, 2.05) is 22.8 Å². The van der Waals surface area contributed by atoms with Gasteiger partial charge in [0.1, 0.15) is 0 Å². The molecule has 0 aliphatic heterocycles. The average Bonchev–Trinajstić information content (AvgIpc) is 3.16. The van der Waals surface area contributed by atoms with Gasteiger partial charge in [0.2, 0.25) is 0 Å². The van der Waals surface area contributed by atoms with Gasteiger partial charge in [-0.05, 0) is 31.0 Å². The van der Waals surface area contributed by atoms with E-state index in [4.69, 9.17) is 0 Å². The van der Waals surface area contributed by atoms with Crippen LogP contribution in [0.1, 0.15) is 12.8 Å². The van der Waals surface area contributed by atoms with E-state index >= 15 is 0 Å². The first-order chi connectivity index (χ1) is 9.19. The van der Waals surface area contributed by atoms with Gasteiger partial charge < -0.3 is 4.57 Å². The van der Waals surface area contributed by atoms with Crippen LogP contribution >= 0.6 is 27.3 Å². The van der Waals surface area contributed by atoms with E-state index in [1.165, 1.54) is 0 Å². The first kappa shape index (κ1) is 12.8. The second-order valence-electron chi connectivity index (χ2n) is 4.62. The van der Waals surface area contributed by atoms with Crippen molar-refractivity contribution in [1.82, 2.24) is 4.57 Å². The van der Waals surface area contributed by atoms with E-state index < -0.39 is 0 Å². The zero-order valence-corrected chi connectivity index (χ0v) is 12.7. The summed E-state index contributed by atoms with van der Waals surface area (Å²) in [5.41, 5.74) is 1.09. The van der Waals surface area contributed by atoms with Crippen LogP contribution in [0.4, 0.5) is 0 Å². The summed E-state index contributed by atoms with van der Waals surface area (Å²) in [6, 6.07) is 6.10. The highest BCUT2D eigenvalue weighted by molar-refractivity contribution is 9.10. The molecule has 1 aliphatic carbocycles. The second kappa shape index (κ2) is 5.06. The van der Waals surface area contributed by atoms with Crippen LogP contribution in [-0.4, -0.2) is 10.5 Å². The number of halogens is 1. The highest BCUT2D eigenvalue weighted by Crippen LogP contribution is 2.30. The van der Waals surface area contributed by atoms with Crippen molar-refractivity contribution in [2.75, 3.05) is 0 Å². The van der Waals surface area contributed by atoms with E-state index in [1.54, 1.807) is 11.3 Å². The normalized spacial score (nSPS) is 15.9. The first-order valence-corrected chi connectivity index (χ1v) is 7.78. The Hall–Kier alpha value is -1.20. The largest absolute Gasteiger partial charge is 0.313 e. The quantitative estimate of drug-likeness (QED) is 0.790. The zero-order chi connectivity index (χ0) is 13.4. The van der Waals surface area contributed by atoms with Crippen molar-refractivity contribution in [3.8, 4) is 0 Å². The Bertz CT molecular complexity index is 725. The molecule has 0 saturated heterocycles. The van der Waals surface area contributed by atoms with Crippen molar-refractivity contribution >= 4 is 43.4 Å². The highest BCUT2D eigenvalue weighted by atomic mass is 79.9. The summed E-state index contributed by atoms with van der Waals surface area (Å²) in [5, 5.41) is 0. The number of allylic oxidation sites excluding steroid dienone is 1. The Kier molecular flexibility index (Phi) is 3.41. The van der Waals surface area contributed by atoms with Gasteiger partial charge >= 0.3 is 0 Å². The minimum absolute atomic E-state index is 0.0171. The maximum atomic E-state index is 11.9. The van der Waals surface area contributed by atoms with Gasteiger partial charge in [-0.15, -0.1) is 6.58 Å². The third-order valence-electron chi connectivity index (χ3n) is 3.09. The van der Waals surface area contributed by atoms with Gasteiger partial charge in [0, 0.05) is 16.9 Å². The summed E-state index contributed by atoms with van der Waals surface area (Å²) < 4.78 is 4.20. The SMILES string of the molecule is C=CCn1c(=NC(=O)C2CC2)sc2cc(Br)ccc21. The smallest absolute Gasteiger partial charge is 0.251 e. The number of nitrogens with zero attached hydrogens (tertiary/aromatic N) is 2. The molecule has 5 heteroatoms. The molecule has 1 saturated carbocycles. The standard InChI is InChI=1S/C14H13BrN2OS/c1-2-7-17-11-6-5-10(15)8-12(11)19-14(17)16-13(18)9-3-4-9/h2,5-6,8-9H,1,3-4,7H2. The summed E-state index contributed by atoms with van der Waals surface area (Å²) in [6.45, 7) is 4.44. The molecule has 0 unspecified atom stereocenters. The summed E-state index contributed by atoms with van der Waals surface area (Å²) in [4.78, 5) is 16.9. The lowest BCUT2D eigenvalue weighted by molar-refractivity contribution is -0.119. The Morgan fingerprint density at radius 3 is 3.05 bits per heavy atom. The van der Waals surface area contributed by atoms with Gasteiger partial charge in [-0.25, -0.2) is 0 Å². The number of carbonyl (C=O) groups is 1. The Morgan fingerprint density at radius 2 is 2.37 bits per heavy atom. The predicted octanol–water partition coefficient (Wildman–Crippen LogP) is 3.49. The number of amides is 1. The van der Waals surface area contributed by atoms with E-state index in [2.05, 4.69) is 33.6 Å². The minimum atomic E-state index is 0.0171. The first-order valence-electron chi connectivity index (χ1n) is 6.17. The molecule has 1 aliphatic rings.